The molecule has 0 aromatic rings. The van der Waals surface area contributed by atoms with Crippen LogP contribution in [0.3, 0.4) is 0 Å². The van der Waals surface area contributed by atoms with E-state index in [2.05, 4.69) is 33.4 Å². The van der Waals surface area contributed by atoms with Crippen LogP contribution in [0.15, 0.2) is 24.3 Å². The largest absolute Gasteiger partial charge is 0.462 e. The van der Waals surface area contributed by atoms with Crippen molar-refractivity contribution in [3.05, 3.63) is 24.3 Å². The summed E-state index contributed by atoms with van der Waals surface area (Å²) in [5.74, 6) is 0.0693. The van der Waals surface area contributed by atoms with E-state index in [0.29, 0.717) is 12.3 Å². The first-order chi connectivity index (χ1) is 9.10. The first-order valence-electron chi connectivity index (χ1n) is 7.30. The van der Waals surface area contributed by atoms with Gasteiger partial charge >= 0.3 is 5.97 Å². The SMILES string of the molecule is C=CC(C)(O)CC[C@H]1C(C)=CC[C@@H](OC(C)=O)C1(C)C. The van der Waals surface area contributed by atoms with Gasteiger partial charge in [0.05, 0.1) is 5.60 Å². The molecule has 1 rings (SSSR count). The Labute approximate surface area is 122 Å². The highest BCUT2D eigenvalue weighted by Crippen LogP contribution is 2.45. The number of ether oxygens (including phenoxy) is 1. The Hall–Kier alpha value is -1.09. The molecule has 0 bridgehead atoms. The lowest BCUT2D eigenvalue weighted by atomic mass is 9.64. The Bertz CT molecular complexity index is 404. The van der Waals surface area contributed by atoms with Crippen LogP contribution in [0.5, 0.6) is 0 Å². The predicted octanol–water partition coefficient (Wildman–Crippen LogP) is 3.63. The van der Waals surface area contributed by atoms with Crippen LogP contribution in [-0.2, 0) is 9.53 Å². The highest BCUT2D eigenvalue weighted by Gasteiger charge is 2.42. The minimum Gasteiger partial charge on any atom is -0.462 e. The summed E-state index contributed by atoms with van der Waals surface area (Å²) in [4.78, 5) is 11.3. The average Bonchev–Trinajstić information content (AvgIpc) is 2.32. The second-order valence-electron chi connectivity index (χ2n) is 6.76. The van der Waals surface area contributed by atoms with E-state index in [0.717, 1.165) is 12.8 Å². The molecule has 0 saturated carbocycles. The maximum atomic E-state index is 11.3. The van der Waals surface area contributed by atoms with Gasteiger partial charge in [0.15, 0.2) is 0 Å². The van der Waals surface area contributed by atoms with Crippen LogP contribution in [-0.4, -0.2) is 22.8 Å². The topological polar surface area (TPSA) is 46.5 Å². The van der Waals surface area contributed by atoms with E-state index in [9.17, 15) is 9.90 Å². The molecule has 1 N–H and O–H groups in total. The highest BCUT2D eigenvalue weighted by atomic mass is 16.5. The van der Waals surface area contributed by atoms with Crippen LogP contribution in [0, 0.1) is 11.3 Å². The van der Waals surface area contributed by atoms with E-state index < -0.39 is 5.60 Å². The van der Waals surface area contributed by atoms with Crippen LogP contribution < -0.4 is 0 Å². The quantitative estimate of drug-likeness (QED) is 0.618. The third-order valence-corrected chi connectivity index (χ3v) is 4.62. The van der Waals surface area contributed by atoms with E-state index in [4.69, 9.17) is 4.74 Å². The Kier molecular flexibility index (Phi) is 5.20. The Morgan fingerprint density at radius 2 is 2.25 bits per heavy atom. The number of rotatable bonds is 5. The van der Waals surface area contributed by atoms with Crippen molar-refractivity contribution >= 4 is 5.97 Å². The summed E-state index contributed by atoms with van der Waals surface area (Å²) in [6.45, 7) is 13.3. The Balaban J connectivity index is 2.86. The molecule has 0 aromatic heterocycles. The van der Waals surface area contributed by atoms with E-state index in [-0.39, 0.29) is 17.5 Å². The molecule has 1 aliphatic carbocycles. The first kappa shape index (κ1) is 17.0. The number of carbonyl (C=O) groups is 1. The van der Waals surface area contributed by atoms with Gasteiger partial charge in [-0.2, -0.15) is 0 Å². The van der Waals surface area contributed by atoms with E-state index in [1.807, 2.05) is 0 Å². The third-order valence-electron chi connectivity index (χ3n) is 4.62. The predicted molar refractivity (Wildman–Crippen MR) is 81.3 cm³/mol. The maximum absolute atomic E-state index is 11.3. The summed E-state index contributed by atoms with van der Waals surface area (Å²) < 4.78 is 5.48. The van der Waals surface area contributed by atoms with Gasteiger partial charge in [-0.25, -0.2) is 0 Å². The van der Waals surface area contributed by atoms with Gasteiger partial charge in [-0.1, -0.05) is 31.6 Å². The third kappa shape index (κ3) is 3.95. The van der Waals surface area contributed by atoms with Crippen molar-refractivity contribution < 1.29 is 14.6 Å². The summed E-state index contributed by atoms with van der Waals surface area (Å²) >= 11 is 0. The second kappa shape index (κ2) is 6.13. The van der Waals surface area contributed by atoms with Crippen LogP contribution in [0.25, 0.3) is 0 Å². The second-order valence-corrected chi connectivity index (χ2v) is 6.76. The average molecular weight is 280 g/mol. The lowest BCUT2D eigenvalue weighted by Crippen LogP contribution is -2.43. The summed E-state index contributed by atoms with van der Waals surface area (Å²) in [5.41, 5.74) is 0.352. The van der Waals surface area contributed by atoms with Gasteiger partial charge in [0.1, 0.15) is 6.10 Å². The number of carbonyl (C=O) groups excluding carboxylic acids is 1. The van der Waals surface area contributed by atoms with Crippen molar-refractivity contribution in [3.63, 3.8) is 0 Å². The van der Waals surface area contributed by atoms with E-state index in [1.165, 1.54) is 12.5 Å². The number of esters is 1. The highest BCUT2D eigenvalue weighted by molar-refractivity contribution is 5.66. The standard InChI is InChI=1S/C17H28O3/c1-7-17(6,19)11-10-14-12(2)8-9-15(16(14,4)5)20-13(3)18/h7-8,14-15,19H,1,9-11H2,2-6H3/t14-,15+,17?/m0/s1. The van der Waals surface area contributed by atoms with Gasteiger partial charge in [-0.05, 0) is 32.6 Å². The molecule has 0 aromatic carbocycles. The fourth-order valence-electron chi connectivity index (χ4n) is 3.09. The lowest BCUT2D eigenvalue weighted by Gasteiger charge is -2.44. The van der Waals surface area contributed by atoms with Crippen LogP contribution in [0.1, 0.15) is 53.9 Å². The monoisotopic (exact) mass is 280 g/mol. The molecule has 114 valence electrons. The molecule has 1 unspecified atom stereocenters. The minimum atomic E-state index is -0.843. The Morgan fingerprint density at radius 1 is 1.65 bits per heavy atom. The molecule has 20 heavy (non-hydrogen) atoms. The summed E-state index contributed by atoms with van der Waals surface area (Å²) in [7, 11) is 0. The van der Waals surface area contributed by atoms with E-state index in [1.54, 1.807) is 13.0 Å². The molecule has 3 atom stereocenters. The zero-order chi connectivity index (χ0) is 15.6. The molecule has 0 saturated heterocycles. The van der Waals surface area contributed by atoms with Gasteiger partial charge in [0.25, 0.3) is 0 Å². The first-order valence-corrected chi connectivity index (χ1v) is 7.30. The molecule has 3 heteroatoms. The molecule has 1 aliphatic rings. The van der Waals surface area contributed by atoms with Crippen molar-refractivity contribution in [3.8, 4) is 0 Å². The van der Waals surface area contributed by atoms with Gasteiger partial charge in [-0.3, -0.25) is 4.79 Å². The van der Waals surface area contributed by atoms with Crippen molar-refractivity contribution in [2.45, 2.75) is 65.6 Å². The fraction of sp³-hybridized carbons (Fsp3) is 0.706. The molecule has 0 aliphatic heterocycles. The summed E-state index contributed by atoms with van der Waals surface area (Å²) in [6.07, 6.45) is 5.93. The van der Waals surface area contributed by atoms with Crippen LogP contribution >= 0.6 is 0 Å². The van der Waals surface area contributed by atoms with E-state index >= 15 is 0 Å². The molecular formula is C17H28O3. The van der Waals surface area contributed by atoms with Crippen LogP contribution in [0.2, 0.25) is 0 Å². The number of aliphatic hydroxyl groups is 1. The molecule has 0 fully saturated rings. The molecule has 0 radical (unpaired) electrons. The van der Waals surface area contributed by atoms with Crippen LogP contribution in [0.4, 0.5) is 0 Å². The summed E-state index contributed by atoms with van der Waals surface area (Å²) in [6, 6.07) is 0. The smallest absolute Gasteiger partial charge is 0.302 e. The minimum absolute atomic E-state index is 0.0950. The zero-order valence-corrected chi connectivity index (χ0v) is 13.4. The summed E-state index contributed by atoms with van der Waals surface area (Å²) in [5, 5.41) is 10.1. The van der Waals surface area contributed by atoms with Crippen molar-refractivity contribution in [1.82, 2.24) is 0 Å². The lowest BCUT2D eigenvalue weighted by molar-refractivity contribution is -0.155. The van der Waals surface area contributed by atoms with Crippen molar-refractivity contribution in [2.24, 2.45) is 11.3 Å². The zero-order valence-electron chi connectivity index (χ0n) is 13.4. The van der Waals surface area contributed by atoms with Gasteiger partial charge < -0.3 is 9.84 Å². The molecule has 0 spiro atoms. The molecule has 0 heterocycles. The molecular weight excluding hydrogens is 252 g/mol. The number of hydrogen-bond acceptors (Lipinski definition) is 3. The fourth-order valence-corrected chi connectivity index (χ4v) is 3.09. The van der Waals surface area contributed by atoms with Crippen molar-refractivity contribution in [1.29, 1.82) is 0 Å². The normalized spacial score (nSPS) is 28.2. The molecule has 3 nitrogen and oxygen atoms in total. The number of hydrogen-bond donors (Lipinski definition) is 1. The van der Waals surface area contributed by atoms with Gasteiger partial charge in [0, 0.05) is 18.8 Å². The Morgan fingerprint density at radius 3 is 2.75 bits per heavy atom. The molecule has 0 amide bonds. The number of allylic oxidation sites excluding steroid dienone is 1. The van der Waals surface area contributed by atoms with Crippen molar-refractivity contribution in [2.75, 3.05) is 0 Å². The maximum Gasteiger partial charge on any atom is 0.302 e. The van der Waals surface area contributed by atoms with Gasteiger partial charge in [-0.15, -0.1) is 6.58 Å². The van der Waals surface area contributed by atoms with Gasteiger partial charge in [0.2, 0.25) is 0 Å².